The summed E-state index contributed by atoms with van der Waals surface area (Å²) in [6.07, 6.45) is 8.16. The van der Waals surface area contributed by atoms with E-state index in [-0.39, 0.29) is 65.4 Å². The van der Waals surface area contributed by atoms with Gasteiger partial charge in [-0.15, -0.1) is 6.42 Å². The summed E-state index contributed by atoms with van der Waals surface area (Å²) >= 11 is 0. The maximum Gasteiger partial charge on any atom is 0 e. The molecule has 0 amide bonds. The quantitative estimate of drug-likeness (QED) is 0.314. The van der Waals surface area contributed by atoms with E-state index in [1.54, 1.807) is 0 Å². The van der Waals surface area contributed by atoms with E-state index in [9.17, 15) is 0 Å². The van der Waals surface area contributed by atoms with Crippen LogP contribution in [0.4, 0.5) is 0 Å². The smallest absolute Gasteiger partial charge is 0 e. The molecule has 0 N–H and O–H groups in total. The maximum absolute atomic E-state index is 4.01. The minimum atomic E-state index is 0. The van der Waals surface area contributed by atoms with Gasteiger partial charge in [0.15, 0.2) is 0 Å². The summed E-state index contributed by atoms with van der Waals surface area (Å²) in [6.45, 7) is 35.3. The Balaban J connectivity index is -0.000000183. The average Bonchev–Trinajstić information content (AvgIpc) is 2.31. The third-order valence-corrected chi connectivity index (χ3v) is 4.45. The van der Waals surface area contributed by atoms with Crippen LogP contribution in [0.2, 0.25) is 0 Å². The minimum absolute atomic E-state index is 0. The fourth-order valence-electron chi connectivity index (χ4n) is 2.96. The molecule has 0 aliphatic rings. The molecule has 160 valence electrons. The molecule has 2 heteroatoms. The SMILES string of the molecule is [CH2-]CC([CH-]C(C)(C)C)C(C)(C)C.[CH2-]CCC([CH-]C(C)(C)C)C(C)(C)C.[Y].[Y]. The molecule has 2 unspecified atom stereocenters. The zero-order valence-corrected chi connectivity index (χ0v) is 26.7. The number of hydrogen-bond donors (Lipinski definition) is 0. The average molecular weight is 528 g/mol. The Morgan fingerprint density at radius 3 is 1.04 bits per heavy atom. The van der Waals surface area contributed by atoms with Crippen LogP contribution in [0.5, 0.6) is 0 Å². The van der Waals surface area contributed by atoms with Crippen molar-refractivity contribution in [3.8, 4) is 0 Å². The van der Waals surface area contributed by atoms with Gasteiger partial charge in [-0.2, -0.15) is 29.1 Å². The van der Waals surface area contributed by atoms with Crippen LogP contribution in [0, 0.1) is 60.2 Å². The standard InChI is InChI=1S/C13H26.C12H24.2Y/c1-8-9-11(13(5,6)7)10-12(2,3)4;1-8-10(12(5,6)7)9-11(2,3)4;;/h10-11H,1,8-9H2,2-7H3;9-10H,1,8H2,2-7H3;;/q2*-2;;. The van der Waals surface area contributed by atoms with Crippen LogP contribution in [-0.4, -0.2) is 0 Å². The molecule has 0 rings (SSSR count). The van der Waals surface area contributed by atoms with Crippen molar-refractivity contribution in [3.05, 3.63) is 26.7 Å². The van der Waals surface area contributed by atoms with Gasteiger partial charge in [-0.05, 0) is 0 Å². The van der Waals surface area contributed by atoms with E-state index in [4.69, 9.17) is 0 Å². The van der Waals surface area contributed by atoms with Crippen molar-refractivity contribution in [3.63, 3.8) is 0 Å². The first-order valence-electron chi connectivity index (χ1n) is 10.1. The van der Waals surface area contributed by atoms with Crippen LogP contribution >= 0.6 is 0 Å². The van der Waals surface area contributed by atoms with Crippen molar-refractivity contribution in [1.29, 1.82) is 0 Å². The first kappa shape index (κ1) is 36.6. The number of hydrogen-bond acceptors (Lipinski definition) is 0. The predicted molar refractivity (Wildman–Crippen MR) is 118 cm³/mol. The molecule has 0 heterocycles. The monoisotopic (exact) mass is 528 g/mol. The van der Waals surface area contributed by atoms with Gasteiger partial charge in [-0.3, -0.25) is 0 Å². The van der Waals surface area contributed by atoms with Crippen LogP contribution < -0.4 is 0 Å². The Morgan fingerprint density at radius 2 is 0.889 bits per heavy atom. The molecular weight excluding hydrogens is 478 g/mol. The van der Waals surface area contributed by atoms with Crippen molar-refractivity contribution in [2.45, 2.75) is 102 Å². The molecule has 0 aromatic rings. The molecule has 0 saturated heterocycles. The molecule has 0 spiro atoms. The topological polar surface area (TPSA) is 0 Å². The van der Waals surface area contributed by atoms with Gasteiger partial charge in [0.1, 0.15) is 0 Å². The van der Waals surface area contributed by atoms with E-state index in [1.807, 2.05) is 0 Å². The maximum atomic E-state index is 4.01. The first-order valence-corrected chi connectivity index (χ1v) is 10.1. The van der Waals surface area contributed by atoms with Crippen molar-refractivity contribution in [1.82, 2.24) is 0 Å². The van der Waals surface area contributed by atoms with Gasteiger partial charge in [0.25, 0.3) is 0 Å². The van der Waals surface area contributed by atoms with E-state index >= 15 is 0 Å². The van der Waals surface area contributed by atoms with Crippen LogP contribution in [0.25, 0.3) is 0 Å². The van der Waals surface area contributed by atoms with Crippen molar-refractivity contribution < 1.29 is 65.4 Å². The van der Waals surface area contributed by atoms with Gasteiger partial charge >= 0.3 is 0 Å². The molecular formula is C25H50Y2-4. The van der Waals surface area contributed by atoms with Gasteiger partial charge in [0, 0.05) is 65.4 Å². The Morgan fingerprint density at radius 1 is 0.593 bits per heavy atom. The fourth-order valence-corrected chi connectivity index (χ4v) is 2.96. The van der Waals surface area contributed by atoms with Gasteiger partial charge in [-0.25, -0.2) is 6.42 Å². The summed E-state index contributed by atoms with van der Waals surface area (Å²) in [5, 5.41) is 0. The van der Waals surface area contributed by atoms with Crippen LogP contribution in [0.1, 0.15) is 102 Å². The second-order valence-electron chi connectivity index (χ2n) is 11.9. The molecule has 0 aliphatic heterocycles. The molecule has 0 aliphatic carbocycles. The molecule has 0 aromatic carbocycles. The Labute approximate surface area is 225 Å². The molecule has 2 atom stereocenters. The zero-order chi connectivity index (χ0) is 20.7. The molecule has 0 fully saturated rings. The van der Waals surface area contributed by atoms with Gasteiger partial charge in [-0.1, -0.05) is 93.9 Å². The second-order valence-corrected chi connectivity index (χ2v) is 11.9. The minimum Gasteiger partial charge on any atom is -0.345 e. The third-order valence-electron chi connectivity index (χ3n) is 4.45. The molecule has 0 nitrogen and oxygen atoms in total. The van der Waals surface area contributed by atoms with E-state index < -0.39 is 0 Å². The molecule has 0 bridgehead atoms. The number of rotatable bonds is 5. The Bertz CT molecular complexity index is 331. The van der Waals surface area contributed by atoms with Gasteiger partial charge < -0.3 is 26.7 Å². The second kappa shape index (κ2) is 15.1. The Kier molecular flexibility index (Phi) is 20.4. The fraction of sp³-hybridized carbons (Fsp3) is 0.840. The largest absolute Gasteiger partial charge is 0.345 e. The normalized spacial score (nSPS) is 14.9. The van der Waals surface area contributed by atoms with Crippen molar-refractivity contribution in [2.75, 3.05) is 0 Å². The summed E-state index contributed by atoms with van der Waals surface area (Å²) in [5.74, 6) is 1.31. The molecule has 0 aromatic heterocycles. The van der Waals surface area contributed by atoms with E-state index in [0.717, 1.165) is 12.8 Å². The summed E-state index contributed by atoms with van der Waals surface area (Å²) < 4.78 is 0. The van der Waals surface area contributed by atoms with Crippen LogP contribution in [-0.2, 0) is 65.4 Å². The van der Waals surface area contributed by atoms with Crippen LogP contribution in [0.15, 0.2) is 0 Å². The van der Waals surface area contributed by atoms with Gasteiger partial charge in [0.05, 0.1) is 0 Å². The summed E-state index contributed by atoms with van der Waals surface area (Å²) in [5.41, 5.74) is 1.38. The Hall–Kier alpha value is 2.21. The van der Waals surface area contributed by atoms with Crippen molar-refractivity contribution >= 4 is 0 Å². The first-order chi connectivity index (χ1) is 10.8. The summed E-state index contributed by atoms with van der Waals surface area (Å²) in [4.78, 5) is 0. The van der Waals surface area contributed by atoms with E-state index in [1.165, 1.54) is 6.42 Å². The van der Waals surface area contributed by atoms with Crippen LogP contribution in [0.3, 0.4) is 0 Å². The zero-order valence-electron chi connectivity index (χ0n) is 21.0. The summed E-state index contributed by atoms with van der Waals surface area (Å²) in [6, 6.07) is 0. The predicted octanol–water partition coefficient (Wildman–Crippen LogP) is 8.63. The van der Waals surface area contributed by atoms with Gasteiger partial charge in [0.2, 0.25) is 0 Å². The molecule has 2 radical (unpaired) electrons. The van der Waals surface area contributed by atoms with E-state index in [0.29, 0.717) is 33.5 Å². The van der Waals surface area contributed by atoms with E-state index in [2.05, 4.69) is 110 Å². The summed E-state index contributed by atoms with van der Waals surface area (Å²) in [7, 11) is 0. The molecule has 0 saturated carbocycles. The molecule has 27 heavy (non-hydrogen) atoms. The van der Waals surface area contributed by atoms with Crippen molar-refractivity contribution in [2.24, 2.45) is 33.5 Å². The third kappa shape index (κ3) is 22.7.